The summed E-state index contributed by atoms with van der Waals surface area (Å²) >= 11 is 0. The molecule has 0 bridgehead atoms. The van der Waals surface area contributed by atoms with Crippen LogP contribution in [0.3, 0.4) is 0 Å². The molecule has 0 aromatic carbocycles. The molecule has 1 aliphatic rings. The summed E-state index contributed by atoms with van der Waals surface area (Å²) < 4.78 is 0. The number of pyridine rings is 1. The van der Waals surface area contributed by atoms with Gasteiger partial charge in [-0.15, -0.1) is 0 Å². The van der Waals surface area contributed by atoms with Crippen LogP contribution in [0.4, 0.5) is 5.82 Å². The van der Waals surface area contributed by atoms with Crippen molar-refractivity contribution in [2.24, 2.45) is 0 Å². The summed E-state index contributed by atoms with van der Waals surface area (Å²) in [5.41, 5.74) is 6.47. The van der Waals surface area contributed by atoms with Gasteiger partial charge < -0.3 is 11.1 Å². The Labute approximate surface area is 88.9 Å². The molecule has 4 nitrogen and oxygen atoms in total. The van der Waals surface area contributed by atoms with E-state index in [-0.39, 0.29) is 5.78 Å². The van der Waals surface area contributed by atoms with Crippen LogP contribution in [0.2, 0.25) is 0 Å². The van der Waals surface area contributed by atoms with Crippen LogP contribution in [0, 0.1) is 0 Å². The van der Waals surface area contributed by atoms with Gasteiger partial charge >= 0.3 is 0 Å². The number of anilines is 1. The van der Waals surface area contributed by atoms with Gasteiger partial charge in [0.2, 0.25) is 0 Å². The predicted octanol–water partition coefficient (Wildman–Crippen LogP) is 0.527. The average molecular weight is 205 g/mol. The number of hydrogen-bond acceptors (Lipinski definition) is 4. The first-order valence-electron chi connectivity index (χ1n) is 5.20. The molecule has 15 heavy (non-hydrogen) atoms. The van der Waals surface area contributed by atoms with Crippen molar-refractivity contribution >= 4 is 11.6 Å². The lowest BCUT2D eigenvalue weighted by Gasteiger charge is -2.04. The molecule has 3 N–H and O–H groups in total. The minimum absolute atomic E-state index is 0.168. The first kappa shape index (κ1) is 10.1. The molecule has 80 valence electrons. The van der Waals surface area contributed by atoms with E-state index in [1.807, 2.05) is 6.07 Å². The zero-order valence-corrected chi connectivity index (χ0v) is 8.57. The molecule has 0 aliphatic heterocycles. The van der Waals surface area contributed by atoms with E-state index < -0.39 is 0 Å². The molecule has 1 saturated carbocycles. The molecule has 0 unspecified atom stereocenters. The number of rotatable bonds is 5. The molecular formula is C11H15N3O. The normalized spacial score (nSPS) is 15.2. The molecule has 0 saturated heterocycles. The number of nitrogens with one attached hydrogen (secondary N) is 1. The van der Waals surface area contributed by atoms with Gasteiger partial charge in [0.25, 0.3) is 0 Å². The Balaban J connectivity index is 1.84. The van der Waals surface area contributed by atoms with Gasteiger partial charge in [-0.05, 0) is 18.9 Å². The summed E-state index contributed by atoms with van der Waals surface area (Å²) in [6.07, 6.45) is 4.40. The second kappa shape index (κ2) is 4.40. The molecule has 0 spiro atoms. The van der Waals surface area contributed by atoms with Gasteiger partial charge in [-0.25, -0.2) is 4.98 Å². The first-order valence-corrected chi connectivity index (χ1v) is 5.20. The molecule has 1 heterocycles. The third-order valence-electron chi connectivity index (χ3n) is 2.48. The first-order chi connectivity index (χ1) is 7.25. The predicted molar refractivity (Wildman–Crippen MR) is 58.4 cm³/mol. The second-order valence-corrected chi connectivity index (χ2v) is 3.92. The van der Waals surface area contributed by atoms with Crippen molar-refractivity contribution in [3.05, 3.63) is 23.9 Å². The Bertz CT molecular complexity index is 361. The number of ketones is 1. The van der Waals surface area contributed by atoms with Crippen LogP contribution in [0.25, 0.3) is 0 Å². The molecular weight excluding hydrogens is 190 g/mol. The Morgan fingerprint density at radius 3 is 3.07 bits per heavy atom. The number of nitrogen functional groups attached to an aromatic ring is 1. The molecule has 0 atom stereocenters. The largest absolute Gasteiger partial charge is 0.383 e. The summed E-state index contributed by atoms with van der Waals surface area (Å²) in [5, 5.41) is 3.19. The molecule has 1 fully saturated rings. The maximum Gasteiger partial charge on any atom is 0.151 e. The quantitative estimate of drug-likeness (QED) is 0.735. The minimum atomic E-state index is 0.168. The van der Waals surface area contributed by atoms with E-state index >= 15 is 0 Å². The van der Waals surface area contributed by atoms with Gasteiger partial charge in [-0.3, -0.25) is 4.79 Å². The number of Topliss-reactive ketones (excluding diaryl/α,β-unsaturated/α-hetero) is 1. The van der Waals surface area contributed by atoms with Crippen LogP contribution in [-0.4, -0.2) is 23.4 Å². The van der Waals surface area contributed by atoms with Gasteiger partial charge in [-0.2, -0.15) is 0 Å². The molecule has 1 aromatic heterocycles. The SMILES string of the molecule is Nc1ncccc1CC(=O)CNC1CC1. The second-order valence-electron chi connectivity index (χ2n) is 3.92. The summed E-state index contributed by atoms with van der Waals surface area (Å²) in [6, 6.07) is 4.21. The zero-order valence-electron chi connectivity index (χ0n) is 8.57. The van der Waals surface area contributed by atoms with Crippen LogP contribution in [0.5, 0.6) is 0 Å². The van der Waals surface area contributed by atoms with E-state index in [2.05, 4.69) is 10.3 Å². The van der Waals surface area contributed by atoms with Crippen LogP contribution in [0.15, 0.2) is 18.3 Å². The summed E-state index contributed by atoms with van der Waals surface area (Å²) in [6.45, 7) is 0.443. The van der Waals surface area contributed by atoms with Crippen LogP contribution in [0.1, 0.15) is 18.4 Å². The number of nitrogens with two attached hydrogens (primary N) is 1. The van der Waals surface area contributed by atoms with Crippen molar-refractivity contribution in [3.8, 4) is 0 Å². The number of carbonyl (C=O) groups is 1. The lowest BCUT2D eigenvalue weighted by atomic mass is 10.1. The molecule has 4 heteroatoms. The lowest BCUT2D eigenvalue weighted by Crippen LogP contribution is -2.26. The van der Waals surface area contributed by atoms with E-state index in [1.165, 1.54) is 12.8 Å². The molecule has 1 aliphatic carbocycles. The summed E-state index contributed by atoms with van der Waals surface area (Å²) in [4.78, 5) is 15.5. The van der Waals surface area contributed by atoms with Crippen molar-refractivity contribution < 1.29 is 4.79 Å². The Hall–Kier alpha value is -1.42. The van der Waals surface area contributed by atoms with E-state index in [0.717, 1.165) is 5.56 Å². The highest BCUT2D eigenvalue weighted by atomic mass is 16.1. The van der Waals surface area contributed by atoms with Crippen molar-refractivity contribution in [1.82, 2.24) is 10.3 Å². The minimum Gasteiger partial charge on any atom is -0.383 e. The number of aromatic nitrogens is 1. The molecule has 1 aromatic rings. The monoisotopic (exact) mass is 205 g/mol. The maximum atomic E-state index is 11.6. The van der Waals surface area contributed by atoms with Gasteiger partial charge in [0.1, 0.15) is 5.82 Å². The highest BCUT2D eigenvalue weighted by molar-refractivity contribution is 5.83. The highest BCUT2D eigenvalue weighted by Gasteiger charge is 2.21. The van der Waals surface area contributed by atoms with Crippen LogP contribution >= 0.6 is 0 Å². The number of nitrogens with zero attached hydrogens (tertiary/aromatic N) is 1. The third-order valence-corrected chi connectivity index (χ3v) is 2.48. The van der Waals surface area contributed by atoms with Gasteiger partial charge in [0, 0.05) is 24.2 Å². The fraction of sp³-hybridized carbons (Fsp3) is 0.455. The Morgan fingerprint density at radius 2 is 2.40 bits per heavy atom. The standard InChI is InChI=1S/C11H15N3O/c12-11-8(2-1-5-13-11)6-10(15)7-14-9-3-4-9/h1-2,5,9,14H,3-4,6-7H2,(H2,12,13). The van der Waals surface area contributed by atoms with E-state index in [0.29, 0.717) is 24.8 Å². The third kappa shape index (κ3) is 3.02. The Kier molecular flexibility index (Phi) is 2.97. The fourth-order valence-corrected chi connectivity index (χ4v) is 1.42. The Morgan fingerprint density at radius 1 is 1.60 bits per heavy atom. The van der Waals surface area contributed by atoms with Crippen LogP contribution in [-0.2, 0) is 11.2 Å². The molecule has 2 rings (SSSR count). The van der Waals surface area contributed by atoms with Crippen LogP contribution < -0.4 is 11.1 Å². The van der Waals surface area contributed by atoms with Crippen molar-refractivity contribution in [2.75, 3.05) is 12.3 Å². The number of hydrogen-bond donors (Lipinski definition) is 2. The van der Waals surface area contributed by atoms with Crippen molar-refractivity contribution in [1.29, 1.82) is 0 Å². The van der Waals surface area contributed by atoms with Crippen molar-refractivity contribution in [3.63, 3.8) is 0 Å². The highest BCUT2D eigenvalue weighted by Crippen LogP contribution is 2.18. The number of carbonyl (C=O) groups excluding carboxylic acids is 1. The maximum absolute atomic E-state index is 11.6. The van der Waals surface area contributed by atoms with E-state index in [1.54, 1.807) is 12.3 Å². The lowest BCUT2D eigenvalue weighted by molar-refractivity contribution is -0.117. The van der Waals surface area contributed by atoms with E-state index in [4.69, 9.17) is 5.73 Å². The van der Waals surface area contributed by atoms with E-state index in [9.17, 15) is 4.79 Å². The van der Waals surface area contributed by atoms with Gasteiger partial charge in [-0.1, -0.05) is 6.07 Å². The molecule has 0 radical (unpaired) electrons. The fourth-order valence-electron chi connectivity index (χ4n) is 1.42. The summed E-state index contributed by atoms with van der Waals surface area (Å²) in [7, 11) is 0. The van der Waals surface area contributed by atoms with Gasteiger partial charge in [0.15, 0.2) is 5.78 Å². The zero-order chi connectivity index (χ0) is 10.7. The van der Waals surface area contributed by atoms with Gasteiger partial charge in [0.05, 0.1) is 6.54 Å². The summed E-state index contributed by atoms with van der Waals surface area (Å²) in [5.74, 6) is 0.624. The average Bonchev–Trinajstić information content (AvgIpc) is 3.02. The van der Waals surface area contributed by atoms with Crippen molar-refractivity contribution in [2.45, 2.75) is 25.3 Å². The topological polar surface area (TPSA) is 68.0 Å². The smallest absolute Gasteiger partial charge is 0.151 e. The molecule has 0 amide bonds.